The summed E-state index contributed by atoms with van der Waals surface area (Å²) < 4.78 is 6.07. The first-order valence-electron chi connectivity index (χ1n) is 8.33. The van der Waals surface area contributed by atoms with Crippen LogP contribution in [0.25, 0.3) is 0 Å². The second-order valence-electron chi connectivity index (χ2n) is 7.18. The van der Waals surface area contributed by atoms with E-state index in [-0.39, 0.29) is 11.5 Å². The van der Waals surface area contributed by atoms with E-state index in [2.05, 4.69) is 45.0 Å². The number of hydrogen-bond acceptors (Lipinski definition) is 3. The molecule has 0 saturated heterocycles. The molecule has 3 heteroatoms. The molecular weight excluding hydrogens is 296 g/mol. The molecule has 24 heavy (non-hydrogen) atoms. The second-order valence-corrected chi connectivity index (χ2v) is 7.18. The number of nitrogens with two attached hydrogens (primary N) is 1. The van der Waals surface area contributed by atoms with Crippen LogP contribution in [0.3, 0.4) is 0 Å². The Morgan fingerprint density at radius 1 is 1.08 bits per heavy atom. The van der Waals surface area contributed by atoms with Gasteiger partial charge in [-0.3, -0.25) is 0 Å². The number of benzene rings is 2. The van der Waals surface area contributed by atoms with Crippen molar-refractivity contribution in [2.24, 2.45) is 5.73 Å². The summed E-state index contributed by atoms with van der Waals surface area (Å²) in [6, 6.07) is 18.4. The molecule has 0 heterocycles. The fourth-order valence-electron chi connectivity index (χ4n) is 2.64. The minimum atomic E-state index is -0.126. The van der Waals surface area contributed by atoms with Crippen molar-refractivity contribution in [3.8, 4) is 11.8 Å². The average molecular weight is 322 g/mol. The van der Waals surface area contributed by atoms with Crippen molar-refractivity contribution in [2.45, 2.75) is 51.7 Å². The number of nitriles is 1. The molecule has 3 nitrogen and oxygen atoms in total. The van der Waals surface area contributed by atoms with E-state index in [0.717, 1.165) is 16.9 Å². The number of ether oxygens (including phenoxy) is 1. The Morgan fingerprint density at radius 2 is 1.79 bits per heavy atom. The summed E-state index contributed by atoms with van der Waals surface area (Å²) in [6.07, 6.45) is 1.08. The predicted octanol–water partition coefficient (Wildman–Crippen LogP) is 4.35. The first-order chi connectivity index (χ1) is 11.4. The third-order valence-corrected chi connectivity index (χ3v) is 3.94. The summed E-state index contributed by atoms with van der Waals surface area (Å²) >= 11 is 0. The quantitative estimate of drug-likeness (QED) is 0.860. The highest BCUT2D eigenvalue weighted by molar-refractivity contribution is 5.42. The van der Waals surface area contributed by atoms with Gasteiger partial charge in [-0.15, -0.1) is 0 Å². The molecule has 0 amide bonds. The van der Waals surface area contributed by atoms with Gasteiger partial charge >= 0.3 is 0 Å². The van der Waals surface area contributed by atoms with Gasteiger partial charge in [-0.2, -0.15) is 5.26 Å². The van der Waals surface area contributed by atoms with Gasteiger partial charge in [0.15, 0.2) is 0 Å². The molecular formula is C21H26N2O. The zero-order valence-corrected chi connectivity index (χ0v) is 14.8. The van der Waals surface area contributed by atoms with Gasteiger partial charge in [0.1, 0.15) is 12.4 Å². The molecule has 0 aromatic heterocycles. The second kappa shape index (κ2) is 7.99. The lowest BCUT2D eigenvalue weighted by Gasteiger charge is -2.24. The molecule has 0 aliphatic carbocycles. The maximum absolute atomic E-state index is 8.77. The molecule has 1 unspecified atom stereocenters. The van der Waals surface area contributed by atoms with Crippen LogP contribution >= 0.6 is 0 Å². The van der Waals surface area contributed by atoms with Crippen molar-refractivity contribution in [3.05, 3.63) is 65.2 Å². The molecule has 0 spiro atoms. The van der Waals surface area contributed by atoms with Gasteiger partial charge in [-0.25, -0.2) is 0 Å². The Hall–Kier alpha value is -2.31. The van der Waals surface area contributed by atoms with Gasteiger partial charge in [-0.1, -0.05) is 63.2 Å². The van der Waals surface area contributed by atoms with E-state index in [1.165, 1.54) is 5.56 Å². The molecule has 126 valence electrons. The Balaban J connectivity index is 2.19. The molecule has 0 saturated carbocycles. The van der Waals surface area contributed by atoms with Crippen molar-refractivity contribution in [3.63, 3.8) is 0 Å². The van der Waals surface area contributed by atoms with Crippen LogP contribution in [0.15, 0.2) is 48.5 Å². The standard InChI is InChI=1S/C21H26N2O/c1-21(2,3)19-14-17(13-18(23)11-12-22)9-10-20(19)24-15-16-7-5-4-6-8-16/h4-10,14,18H,11,13,15,23H2,1-3H3. The van der Waals surface area contributed by atoms with Crippen molar-refractivity contribution < 1.29 is 4.74 Å². The fraction of sp³-hybridized carbons (Fsp3) is 0.381. The molecule has 2 aromatic rings. The van der Waals surface area contributed by atoms with Crippen molar-refractivity contribution in [2.75, 3.05) is 0 Å². The third-order valence-electron chi connectivity index (χ3n) is 3.94. The van der Waals surface area contributed by atoms with Gasteiger partial charge < -0.3 is 10.5 Å². The summed E-state index contributed by atoms with van der Waals surface area (Å²) in [6.45, 7) is 7.08. The molecule has 0 fully saturated rings. The van der Waals surface area contributed by atoms with E-state index in [0.29, 0.717) is 19.4 Å². The lowest BCUT2D eigenvalue weighted by molar-refractivity contribution is 0.297. The van der Waals surface area contributed by atoms with E-state index < -0.39 is 0 Å². The maximum Gasteiger partial charge on any atom is 0.123 e. The first kappa shape index (κ1) is 18.0. The van der Waals surface area contributed by atoms with E-state index in [4.69, 9.17) is 15.7 Å². The van der Waals surface area contributed by atoms with Crippen molar-refractivity contribution >= 4 is 0 Å². The highest BCUT2D eigenvalue weighted by atomic mass is 16.5. The number of rotatable bonds is 6. The zero-order chi connectivity index (χ0) is 17.6. The molecule has 2 aromatic carbocycles. The van der Waals surface area contributed by atoms with Crippen LogP contribution in [0, 0.1) is 11.3 Å². The van der Waals surface area contributed by atoms with Crippen LogP contribution in [0.4, 0.5) is 0 Å². The van der Waals surface area contributed by atoms with Crippen LogP contribution in [0.2, 0.25) is 0 Å². The van der Waals surface area contributed by atoms with Crippen LogP contribution in [0.5, 0.6) is 5.75 Å². The minimum absolute atomic E-state index is 0.0264. The summed E-state index contributed by atoms with van der Waals surface area (Å²) in [5.41, 5.74) is 9.43. The molecule has 0 aliphatic rings. The maximum atomic E-state index is 8.77. The Kier molecular flexibility index (Phi) is 6.00. The molecule has 2 N–H and O–H groups in total. The van der Waals surface area contributed by atoms with Gasteiger partial charge in [0.05, 0.1) is 12.5 Å². The van der Waals surface area contributed by atoms with E-state index >= 15 is 0 Å². The Labute approximate surface area is 145 Å². The van der Waals surface area contributed by atoms with Crippen molar-refractivity contribution in [1.29, 1.82) is 5.26 Å². The van der Waals surface area contributed by atoms with Crippen LogP contribution in [-0.4, -0.2) is 6.04 Å². The van der Waals surface area contributed by atoms with Gasteiger partial charge in [-0.05, 0) is 34.6 Å². The average Bonchev–Trinajstić information content (AvgIpc) is 2.54. The van der Waals surface area contributed by atoms with Gasteiger partial charge in [0.25, 0.3) is 0 Å². The van der Waals surface area contributed by atoms with Crippen LogP contribution < -0.4 is 10.5 Å². The fourth-order valence-corrected chi connectivity index (χ4v) is 2.64. The lowest BCUT2D eigenvalue weighted by Crippen LogP contribution is -2.22. The molecule has 1 atom stereocenters. The summed E-state index contributed by atoms with van der Waals surface area (Å²) in [4.78, 5) is 0. The molecule has 2 rings (SSSR count). The normalized spacial score (nSPS) is 12.5. The third kappa shape index (κ3) is 5.11. The SMILES string of the molecule is CC(C)(C)c1cc(CC(N)CC#N)ccc1OCc1ccccc1. The van der Waals surface area contributed by atoms with Crippen molar-refractivity contribution in [1.82, 2.24) is 0 Å². The largest absolute Gasteiger partial charge is 0.489 e. The van der Waals surface area contributed by atoms with Gasteiger partial charge in [0, 0.05) is 6.04 Å². The Morgan fingerprint density at radius 3 is 2.42 bits per heavy atom. The minimum Gasteiger partial charge on any atom is -0.489 e. The highest BCUT2D eigenvalue weighted by Crippen LogP contribution is 2.33. The van der Waals surface area contributed by atoms with E-state index in [1.807, 2.05) is 30.3 Å². The smallest absolute Gasteiger partial charge is 0.123 e. The highest BCUT2D eigenvalue weighted by Gasteiger charge is 2.20. The van der Waals surface area contributed by atoms with Crippen LogP contribution in [0.1, 0.15) is 43.9 Å². The van der Waals surface area contributed by atoms with Gasteiger partial charge in [0.2, 0.25) is 0 Å². The monoisotopic (exact) mass is 322 g/mol. The number of nitrogens with zero attached hydrogens (tertiary/aromatic N) is 1. The van der Waals surface area contributed by atoms with E-state index in [9.17, 15) is 0 Å². The molecule has 0 aliphatic heterocycles. The number of hydrogen-bond donors (Lipinski definition) is 1. The zero-order valence-electron chi connectivity index (χ0n) is 14.8. The molecule has 0 bridgehead atoms. The molecule has 0 radical (unpaired) electrons. The van der Waals surface area contributed by atoms with Crippen LogP contribution in [-0.2, 0) is 18.4 Å². The summed E-state index contributed by atoms with van der Waals surface area (Å²) in [7, 11) is 0. The predicted molar refractivity (Wildman–Crippen MR) is 97.8 cm³/mol. The summed E-state index contributed by atoms with van der Waals surface area (Å²) in [5, 5.41) is 8.77. The first-order valence-corrected chi connectivity index (χ1v) is 8.33. The Bertz CT molecular complexity index is 696. The topological polar surface area (TPSA) is 59.0 Å². The van der Waals surface area contributed by atoms with E-state index in [1.54, 1.807) is 0 Å². The lowest BCUT2D eigenvalue weighted by atomic mass is 9.84. The summed E-state index contributed by atoms with van der Waals surface area (Å²) in [5.74, 6) is 0.906.